The number of rotatable bonds is 8. The number of carbonyl (C=O) groups is 3. The molecule has 1 fully saturated rings. The molecule has 0 spiro atoms. The second-order valence-corrected chi connectivity index (χ2v) is 10.0. The van der Waals surface area contributed by atoms with Gasteiger partial charge in [-0.1, -0.05) is 38.1 Å². The number of carbonyl (C=O) groups excluding carboxylic acids is 2. The zero-order valence-corrected chi connectivity index (χ0v) is 22.6. The summed E-state index contributed by atoms with van der Waals surface area (Å²) in [6, 6.07) is 18.0. The van der Waals surface area contributed by atoms with Gasteiger partial charge < -0.3 is 24.7 Å². The second-order valence-electron chi connectivity index (χ2n) is 10.0. The van der Waals surface area contributed by atoms with Crippen molar-refractivity contribution in [1.29, 1.82) is 0 Å². The van der Waals surface area contributed by atoms with Gasteiger partial charge in [-0.15, -0.1) is 0 Å². The highest BCUT2D eigenvalue weighted by atomic mass is 16.5. The number of ether oxygens (including phenoxy) is 1. The van der Waals surface area contributed by atoms with Crippen LogP contribution in [0, 0.1) is 0 Å². The summed E-state index contributed by atoms with van der Waals surface area (Å²) in [5.41, 5.74) is 3.66. The predicted octanol–water partition coefficient (Wildman–Crippen LogP) is 5.20. The molecule has 1 aliphatic rings. The van der Waals surface area contributed by atoms with E-state index < -0.39 is 23.7 Å². The fourth-order valence-electron chi connectivity index (χ4n) is 4.78. The van der Waals surface area contributed by atoms with E-state index in [9.17, 15) is 24.6 Å². The molecule has 0 radical (unpaired) electrons. The molecule has 1 aliphatic heterocycles. The van der Waals surface area contributed by atoms with Gasteiger partial charge in [0, 0.05) is 31.9 Å². The molecule has 1 heterocycles. The summed E-state index contributed by atoms with van der Waals surface area (Å²) in [7, 11) is 5.41. The van der Waals surface area contributed by atoms with Gasteiger partial charge in [-0.25, -0.2) is 4.79 Å². The Morgan fingerprint density at radius 3 is 2.10 bits per heavy atom. The third-order valence-electron chi connectivity index (χ3n) is 6.94. The van der Waals surface area contributed by atoms with Gasteiger partial charge in [0.15, 0.2) is 0 Å². The van der Waals surface area contributed by atoms with Crippen molar-refractivity contribution in [3.05, 3.63) is 100 Å². The number of ketones is 1. The number of amides is 1. The quantitative estimate of drug-likeness (QED) is 0.235. The molecule has 202 valence electrons. The van der Waals surface area contributed by atoms with Gasteiger partial charge in [-0.2, -0.15) is 0 Å². The first-order chi connectivity index (χ1) is 18.5. The van der Waals surface area contributed by atoms with Crippen molar-refractivity contribution in [3.8, 4) is 5.75 Å². The van der Waals surface area contributed by atoms with Crippen molar-refractivity contribution in [2.45, 2.75) is 32.4 Å². The molecule has 1 amide bonds. The summed E-state index contributed by atoms with van der Waals surface area (Å²) in [5.74, 6) is -2.07. The number of Topliss-reactive ketones (excluding diaryl/α,β-unsaturated/α-hetero) is 1. The maximum atomic E-state index is 13.4. The summed E-state index contributed by atoms with van der Waals surface area (Å²) in [4.78, 5) is 41.4. The Kier molecular flexibility index (Phi) is 7.76. The number of methoxy groups -OCH3 is 1. The Balaban J connectivity index is 1.85. The molecule has 0 bridgehead atoms. The number of anilines is 1. The first kappa shape index (κ1) is 27.4. The van der Waals surface area contributed by atoms with Gasteiger partial charge in [-0.3, -0.25) is 9.59 Å². The summed E-state index contributed by atoms with van der Waals surface area (Å²) in [6.07, 6.45) is 0. The molecule has 2 N–H and O–H groups in total. The van der Waals surface area contributed by atoms with Crippen LogP contribution in [-0.4, -0.2) is 54.0 Å². The van der Waals surface area contributed by atoms with Crippen LogP contribution in [0.1, 0.15) is 58.4 Å². The number of likely N-dealkylation sites (tertiary alicyclic amines) is 1. The smallest absolute Gasteiger partial charge is 0.335 e. The third kappa shape index (κ3) is 5.36. The maximum Gasteiger partial charge on any atom is 0.335 e. The van der Waals surface area contributed by atoms with Crippen LogP contribution in [-0.2, 0) is 16.1 Å². The van der Waals surface area contributed by atoms with Crippen LogP contribution in [0.15, 0.2) is 72.3 Å². The summed E-state index contributed by atoms with van der Waals surface area (Å²) in [5, 5.41) is 20.7. The lowest BCUT2D eigenvalue weighted by Crippen LogP contribution is -2.29. The normalized spacial score (nSPS) is 16.6. The third-order valence-corrected chi connectivity index (χ3v) is 6.94. The van der Waals surface area contributed by atoms with Crippen molar-refractivity contribution in [1.82, 2.24) is 4.90 Å². The Morgan fingerprint density at radius 2 is 1.56 bits per heavy atom. The highest BCUT2D eigenvalue weighted by Gasteiger charge is 2.46. The summed E-state index contributed by atoms with van der Waals surface area (Å²) >= 11 is 0. The lowest BCUT2D eigenvalue weighted by molar-refractivity contribution is -0.140. The fraction of sp³-hybridized carbons (Fsp3) is 0.258. The average molecular weight is 529 g/mol. The van der Waals surface area contributed by atoms with E-state index in [4.69, 9.17) is 4.74 Å². The lowest BCUT2D eigenvalue weighted by Gasteiger charge is -2.26. The number of aliphatic hydroxyl groups excluding tert-OH is 1. The number of benzene rings is 3. The molecule has 3 aromatic rings. The van der Waals surface area contributed by atoms with E-state index in [1.54, 1.807) is 37.4 Å². The standard InChI is InChI=1S/C31H32N2O6/c1-18(2)24-16-22(12-15-25(24)39-5)28(34)26-27(20-10-13-23(14-11-20)32(3)4)33(30(36)29(26)35)17-19-6-8-21(9-7-19)31(37)38/h6-16,18,27,34H,17H2,1-5H3,(H,37,38)/b28-26-. The van der Waals surface area contributed by atoms with Crippen LogP contribution in [0.5, 0.6) is 5.75 Å². The number of carboxylic acid groups (broad SMARTS) is 1. The van der Waals surface area contributed by atoms with Crippen LogP contribution in [0.4, 0.5) is 5.69 Å². The van der Waals surface area contributed by atoms with Gasteiger partial charge >= 0.3 is 5.97 Å². The van der Waals surface area contributed by atoms with Gasteiger partial charge in [0.2, 0.25) is 0 Å². The van der Waals surface area contributed by atoms with E-state index in [0.717, 1.165) is 11.3 Å². The molecule has 8 heteroatoms. The molecule has 39 heavy (non-hydrogen) atoms. The monoisotopic (exact) mass is 528 g/mol. The molecule has 8 nitrogen and oxygen atoms in total. The van der Waals surface area contributed by atoms with E-state index in [1.165, 1.54) is 17.0 Å². The molecule has 3 aromatic carbocycles. The predicted molar refractivity (Wildman–Crippen MR) is 149 cm³/mol. The summed E-state index contributed by atoms with van der Waals surface area (Å²) < 4.78 is 5.46. The molecule has 0 aromatic heterocycles. The van der Waals surface area contributed by atoms with Gasteiger partial charge in [0.25, 0.3) is 11.7 Å². The van der Waals surface area contributed by atoms with Gasteiger partial charge in [-0.05, 0) is 65.1 Å². The van der Waals surface area contributed by atoms with Crippen molar-refractivity contribution in [2.24, 2.45) is 0 Å². The van der Waals surface area contributed by atoms with E-state index in [1.807, 2.05) is 57.1 Å². The maximum absolute atomic E-state index is 13.4. The number of aliphatic hydroxyl groups is 1. The Bertz CT molecular complexity index is 1440. The SMILES string of the molecule is COc1ccc(/C(O)=C2/C(=O)C(=O)N(Cc3ccc(C(=O)O)cc3)C2c2ccc(N(C)C)cc2)cc1C(C)C. The molecular formula is C31H32N2O6. The van der Waals surface area contributed by atoms with E-state index in [-0.39, 0.29) is 29.4 Å². The van der Waals surface area contributed by atoms with Crippen molar-refractivity contribution in [2.75, 3.05) is 26.1 Å². The van der Waals surface area contributed by atoms with E-state index in [0.29, 0.717) is 22.4 Å². The van der Waals surface area contributed by atoms with Crippen LogP contribution in [0.2, 0.25) is 0 Å². The molecule has 1 atom stereocenters. The average Bonchev–Trinajstić information content (AvgIpc) is 3.17. The van der Waals surface area contributed by atoms with Crippen LogP contribution in [0.3, 0.4) is 0 Å². The summed E-state index contributed by atoms with van der Waals surface area (Å²) in [6.45, 7) is 4.06. The number of hydrogen-bond donors (Lipinski definition) is 2. The van der Waals surface area contributed by atoms with Crippen LogP contribution >= 0.6 is 0 Å². The van der Waals surface area contributed by atoms with Gasteiger partial charge in [0.05, 0.1) is 24.3 Å². The second kappa shape index (κ2) is 11.0. The van der Waals surface area contributed by atoms with Gasteiger partial charge in [0.1, 0.15) is 11.5 Å². The van der Waals surface area contributed by atoms with Crippen molar-refractivity contribution >= 4 is 29.1 Å². The first-order valence-corrected chi connectivity index (χ1v) is 12.6. The molecule has 4 rings (SSSR count). The van der Waals surface area contributed by atoms with Crippen LogP contribution in [0.25, 0.3) is 5.76 Å². The van der Waals surface area contributed by atoms with E-state index >= 15 is 0 Å². The molecule has 1 unspecified atom stereocenters. The minimum atomic E-state index is -1.05. The topological polar surface area (TPSA) is 107 Å². The molecule has 0 aliphatic carbocycles. The van der Waals surface area contributed by atoms with Crippen molar-refractivity contribution in [3.63, 3.8) is 0 Å². The highest BCUT2D eigenvalue weighted by Crippen LogP contribution is 2.41. The Labute approximate surface area is 227 Å². The van der Waals surface area contributed by atoms with Crippen molar-refractivity contribution < 1.29 is 29.3 Å². The fourth-order valence-corrected chi connectivity index (χ4v) is 4.78. The highest BCUT2D eigenvalue weighted by molar-refractivity contribution is 6.46. The zero-order valence-electron chi connectivity index (χ0n) is 22.6. The minimum Gasteiger partial charge on any atom is -0.507 e. The number of carboxylic acids is 1. The minimum absolute atomic E-state index is 0.000341. The molecular weight excluding hydrogens is 496 g/mol. The number of hydrogen-bond acceptors (Lipinski definition) is 6. The Morgan fingerprint density at radius 1 is 0.949 bits per heavy atom. The lowest BCUT2D eigenvalue weighted by atomic mass is 9.93. The first-order valence-electron chi connectivity index (χ1n) is 12.6. The Hall–Kier alpha value is -4.59. The zero-order chi connectivity index (χ0) is 28.4. The number of aromatic carboxylic acids is 1. The molecule has 0 saturated carbocycles. The largest absolute Gasteiger partial charge is 0.507 e. The van der Waals surface area contributed by atoms with E-state index in [2.05, 4.69) is 0 Å². The van der Waals surface area contributed by atoms with Crippen LogP contribution < -0.4 is 9.64 Å². The number of nitrogens with zero attached hydrogens (tertiary/aromatic N) is 2. The molecule has 1 saturated heterocycles.